The van der Waals surface area contributed by atoms with Gasteiger partial charge >= 0.3 is 0 Å². The molecule has 1 aliphatic rings. The Hall–Kier alpha value is -2.02. The number of nitriles is 1. The molecule has 0 fully saturated rings. The molecule has 0 spiro atoms. The average Bonchev–Trinajstić information content (AvgIpc) is 2.76. The first-order chi connectivity index (χ1) is 7.81. The quantitative estimate of drug-likeness (QED) is 0.747. The third kappa shape index (κ3) is 2.14. The third-order valence-electron chi connectivity index (χ3n) is 2.60. The van der Waals surface area contributed by atoms with Gasteiger partial charge in [0.25, 0.3) is 5.91 Å². The summed E-state index contributed by atoms with van der Waals surface area (Å²) in [7, 11) is 0. The van der Waals surface area contributed by atoms with Crippen molar-refractivity contribution in [2.45, 2.75) is 12.8 Å². The summed E-state index contributed by atoms with van der Waals surface area (Å²) in [6, 6.07) is 7.64. The van der Waals surface area contributed by atoms with Crippen molar-refractivity contribution < 1.29 is 4.79 Å². The van der Waals surface area contributed by atoms with E-state index in [4.69, 9.17) is 5.26 Å². The molecular weight excluding hydrogens is 202 g/mol. The van der Waals surface area contributed by atoms with E-state index in [1.165, 1.54) is 5.56 Å². The van der Waals surface area contributed by atoms with Crippen LogP contribution in [0.4, 0.5) is 5.69 Å². The largest absolute Gasteiger partial charge is 0.384 e. The van der Waals surface area contributed by atoms with Gasteiger partial charge in [0.2, 0.25) is 0 Å². The van der Waals surface area contributed by atoms with Gasteiger partial charge in [-0.25, -0.2) is 0 Å². The highest BCUT2D eigenvalue weighted by Crippen LogP contribution is 2.22. The van der Waals surface area contributed by atoms with Crippen LogP contribution in [0.5, 0.6) is 0 Å². The minimum absolute atomic E-state index is 0.107. The molecule has 1 aliphatic heterocycles. The van der Waals surface area contributed by atoms with Gasteiger partial charge in [-0.2, -0.15) is 5.26 Å². The van der Waals surface area contributed by atoms with Gasteiger partial charge < -0.3 is 10.6 Å². The summed E-state index contributed by atoms with van der Waals surface area (Å²) in [4.78, 5) is 11.7. The van der Waals surface area contributed by atoms with Crippen molar-refractivity contribution in [1.82, 2.24) is 5.32 Å². The zero-order valence-electron chi connectivity index (χ0n) is 8.92. The van der Waals surface area contributed by atoms with E-state index in [9.17, 15) is 4.79 Å². The SMILES string of the molecule is N#CCCNC(=O)c1ccc2c(c1)CCN2. The second-order valence-electron chi connectivity index (χ2n) is 3.71. The predicted molar refractivity (Wildman–Crippen MR) is 61.2 cm³/mol. The highest BCUT2D eigenvalue weighted by Gasteiger charge is 2.12. The van der Waals surface area contributed by atoms with E-state index in [1.807, 2.05) is 18.2 Å². The minimum atomic E-state index is -0.107. The number of hydrogen-bond donors (Lipinski definition) is 2. The first kappa shape index (κ1) is 10.5. The standard InChI is InChI=1S/C12H13N3O/c13-5-1-6-15-12(16)10-2-3-11-9(8-10)4-7-14-11/h2-3,8,14H,1,4,6-7H2,(H,15,16). The molecule has 0 aliphatic carbocycles. The fraction of sp³-hybridized carbons (Fsp3) is 0.333. The fourth-order valence-corrected chi connectivity index (χ4v) is 1.78. The van der Waals surface area contributed by atoms with Gasteiger partial charge in [0.1, 0.15) is 0 Å². The van der Waals surface area contributed by atoms with Crippen LogP contribution >= 0.6 is 0 Å². The molecule has 0 radical (unpaired) electrons. The van der Waals surface area contributed by atoms with Gasteiger partial charge in [0, 0.05) is 24.3 Å². The number of fused-ring (bicyclic) bond motifs is 1. The van der Waals surface area contributed by atoms with Crippen LogP contribution in [0.15, 0.2) is 18.2 Å². The molecule has 0 unspecified atom stereocenters. The Labute approximate surface area is 94.3 Å². The maximum atomic E-state index is 11.7. The minimum Gasteiger partial charge on any atom is -0.384 e. The molecule has 16 heavy (non-hydrogen) atoms. The van der Waals surface area contributed by atoms with Gasteiger partial charge in [-0.15, -0.1) is 0 Å². The maximum absolute atomic E-state index is 11.7. The van der Waals surface area contributed by atoms with Crippen molar-refractivity contribution in [3.05, 3.63) is 29.3 Å². The number of amides is 1. The number of rotatable bonds is 3. The van der Waals surface area contributed by atoms with Crippen molar-refractivity contribution in [3.63, 3.8) is 0 Å². The molecule has 1 amide bonds. The van der Waals surface area contributed by atoms with E-state index < -0.39 is 0 Å². The summed E-state index contributed by atoms with van der Waals surface area (Å²) < 4.78 is 0. The number of carbonyl (C=O) groups is 1. The topological polar surface area (TPSA) is 64.9 Å². The number of benzene rings is 1. The van der Waals surface area contributed by atoms with Crippen LogP contribution in [0.3, 0.4) is 0 Å². The van der Waals surface area contributed by atoms with Crippen molar-refractivity contribution in [1.29, 1.82) is 5.26 Å². The summed E-state index contributed by atoms with van der Waals surface area (Å²) in [6.45, 7) is 1.35. The summed E-state index contributed by atoms with van der Waals surface area (Å²) in [5.41, 5.74) is 2.97. The fourth-order valence-electron chi connectivity index (χ4n) is 1.78. The Bertz CT molecular complexity index is 448. The molecule has 0 bridgehead atoms. The Balaban J connectivity index is 2.04. The molecular formula is C12H13N3O. The van der Waals surface area contributed by atoms with Crippen molar-refractivity contribution >= 4 is 11.6 Å². The number of nitrogens with one attached hydrogen (secondary N) is 2. The average molecular weight is 215 g/mol. The van der Waals surface area contributed by atoms with Crippen molar-refractivity contribution in [3.8, 4) is 6.07 Å². The van der Waals surface area contributed by atoms with Gasteiger partial charge in [0.15, 0.2) is 0 Å². The molecule has 4 heteroatoms. The highest BCUT2D eigenvalue weighted by atomic mass is 16.1. The predicted octanol–water partition coefficient (Wildman–Crippen LogP) is 1.30. The third-order valence-corrected chi connectivity index (χ3v) is 2.60. The lowest BCUT2D eigenvalue weighted by Gasteiger charge is -2.05. The molecule has 2 N–H and O–H groups in total. The smallest absolute Gasteiger partial charge is 0.251 e. The zero-order chi connectivity index (χ0) is 11.4. The molecule has 0 aromatic heterocycles. The molecule has 1 aromatic rings. The van der Waals surface area contributed by atoms with Crippen LogP contribution in [0.25, 0.3) is 0 Å². The first-order valence-corrected chi connectivity index (χ1v) is 5.33. The van der Waals surface area contributed by atoms with E-state index >= 15 is 0 Å². The number of carbonyl (C=O) groups excluding carboxylic acids is 1. The van der Waals surface area contributed by atoms with Crippen LogP contribution in [0.1, 0.15) is 22.3 Å². The summed E-state index contributed by atoms with van der Waals surface area (Å²) in [5, 5.41) is 14.3. The lowest BCUT2D eigenvalue weighted by atomic mass is 10.1. The molecule has 82 valence electrons. The number of anilines is 1. The van der Waals surface area contributed by atoms with Crippen molar-refractivity contribution in [2.75, 3.05) is 18.4 Å². The van der Waals surface area contributed by atoms with Crippen LogP contribution in [-0.4, -0.2) is 19.0 Å². The van der Waals surface area contributed by atoms with Gasteiger partial charge in [-0.3, -0.25) is 4.79 Å². The molecule has 4 nitrogen and oxygen atoms in total. The monoisotopic (exact) mass is 215 g/mol. The Morgan fingerprint density at radius 3 is 3.25 bits per heavy atom. The normalized spacial score (nSPS) is 12.4. The molecule has 0 atom stereocenters. The van der Waals surface area contributed by atoms with Crippen LogP contribution in [0.2, 0.25) is 0 Å². The van der Waals surface area contributed by atoms with Crippen LogP contribution in [-0.2, 0) is 6.42 Å². The molecule has 2 rings (SSSR count). The lowest BCUT2D eigenvalue weighted by Crippen LogP contribution is -2.24. The summed E-state index contributed by atoms with van der Waals surface area (Å²) in [6.07, 6.45) is 1.31. The lowest BCUT2D eigenvalue weighted by molar-refractivity contribution is 0.0954. The summed E-state index contributed by atoms with van der Waals surface area (Å²) in [5.74, 6) is -0.107. The zero-order valence-corrected chi connectivity index (χ0v) is 8.92. The Kier molecular flexibility index (Phi) is 3.06. The van der Waals surface area contributed by atoms with E-state index in [0.717, 1.165) is 18.7 Å². The van der Waals surface area contributed by atoms with E-state index in [2.05, 4.69) is 10.6 Å². The molecule has 0 saturated heterocycles. The van der Waals surface area contributed by atoms with Crippen LogP contribution in [0, 0.1) is 11.3 Å². The van der Waals surface area contributed by atoms with Crippen molar-refractivity contribution in [2.24, 2.45) is 0 Å². The van der Waals surface area contributed by atoms with Gasteiger partial charge in [-0.05, 0) is 30.2 Å². The van der Waals surface area contributed by atoms with E-state index in [0.29, 0.717) is 18.5 Å². The Morgan fingerprint density at radius 2 is 2.44 bits per heavy atom. The maximum Gasteiger partial charge on any atom is 0.251 e. The highest BCUT2D eigenvalue weighted by molar-refractivity contribution is 5.95. The van der Waals surface area contributed by atoms with Gasteiger partial charge in [0.05, 0.1) is 12.5 Å². The van der Waals surface area contributed by atoms with Crippen LogP contribution < -0.4 is 10.6 Å². The molecule has 0 saturated carbocycles. The van der Waals surface area contributed by atoms with E-state index in [-0.39, 0.29) is 5.91 Å². The molecule has 1 aromatic carbocycles. The number of hydrogen-bond acceptors (Lipinski definition) is 3. The van der Waals surface area contributed by atoms with Gasteiger partial charge in [-0.1, -0.05) is 0 Å². The second-order valence-corrected chi connectivity index (χ2v) is 3.71. The second kappa shape index (κ2) is 4.67. The Morgan fingerprint density at radius 1 is 1.56 bits per heavy atom. The molecule has 1 heterocycles. The summed E-state index contributed by atoms with van der Waals surface area (Å²) >= 11 is 0. The number of nitrogens with zero attached hydrogens (tertiary/aromatic N) is 1. The first-order valence-electron chi connectivity index (χ1n) is 5.33. The van der Waals surface area contributed by atoms with E-state index in [1.54, 1.807) is 6.07 Å².